The van der Waals surface area contributed by atoms with E-state index in [1.165, 1.54) is 56.2 Å². The van der Waals surface area contributed by atoms with E-state index >= 15 is 0 Å². The number of nitrogens with one attached hydrogen (secondary N) is 1. The average molecular weight is 926 g/mol. The van der Waals surface area contributed by atoms with Crippen molar-refractivity contribution in [2.75, 3.05) is 14.2 Å². The summed E-state index contributed by atoms with van der Waals surface area (Å²) in [7, 11) is 0.0909. The van der Waals surface area contributed by atoms with Crippen LogP contribution >= 0.6 is 81.9 Å². The molecule has 3 N–H and O–H groups in total. The van der Waals surface area contributed by atoms with Gasteiger partial charge in [0.15, 0.2) is 0 Å². The van der Waals surface area contributed by atoms with Gasteiger partial charge in [-0.05, 0) is 96.5 Å². The maximum atomic E-state index is 12.7. The number of benzene rings is 4. The molecule has 0 saturated heterocycles. The van der Waals surface area contributed by atoms with Gasteiger partial charge in [0.25, 0.3) is 9.05 Å². The lowest BCUT2D eigenvalue weighted by Gasteiger charge is -2.16. The molecule has 4 aromatic rings. The van der Waals surface area contributed by atoms with Crippen LogP contribution in [0, 0.1) is 0 Å². The minimum absolute atomic E-state index is 0. The first-order valence-corrected chi connectivity index (χ1v) is 20.3. The summed E-state index contributed by atoms with van der Waals surface area (Å²) < 4.78 is 59.1. The van der Waals surface area contributed by atoms with Gasteiger partial charge in [0.05, 0.1) is 45.4 Å². The van der Waals surface area contributed by atoms with Crippen molar-refractivity contribution in [2.45, 2.75) is 55.0 Å². The molecule has 0 aromatic heterocycles. The van der Waals surface area contributed by atoms with Crippen LogP contribution in [-0.2, 0) is 41.4 Å². The van der Waals surface area contributed by atoms with E-state index in [1.807, 2.05) is 18.2 Å². The number of sulfonamides is 1. The van der Waals surface area contributed by atoms with Crippen LogP contribution in [0.5, 0.6) is 0 Å². The maximum Gasteiger partial charge on any atom is 0.337 e. The molecule has 2 atom stereocenters. The van der Waals surface area contributed by atoms with Crippen LogP contribution in [0.25, 0.3) is 0 Å². The van der Waals surface area contributed by atoms with Crippen LogP contribution in [-0.4, -0.2) is 43.0 Å². The zero-order valence-electron chi connectivity index (χ0n) is 27.8. The van der Waals surface area contributed by atoms with Crippen molar-refractivity contribution in [1.82, 2.24) is 4.72 Å². The molecule has 0 radical (unpaired) electrons. The van der Waals surface area contributed by atoms with Crippen molar-refractivity contribution >= 4 is 113 Å². The molecule has 0 aliphatic heterocycles. The van der Waals surface area contributed by atoms with Crippen LogP contribution in [0.3, 0.4) is 0 Å². The Morgan fingerprint density at radius 1 is 0.704 bits per heavy atom. The molecule has 0 spiro atoms. The molecule has 4 aromatic carbocycles. The number of halogens is 7. The van der Waals surface area contributed by atoms with Gasteiger partial charge in [0.1, 0.15) is 9.79 Å². The molecule has 2 aliphatic rings. The number of carbonyl (C=O) groups is 2. The van der Waals surface area contributed by atoms with Crippen molar-refractivity contribution in [2.24, 2.45) is 5.73 Å². The van der Waals surface area contributed by atoms with E-state index in [0.717, 1.165) is 29.5 Å². The number of nitrogens with two attached hydrogens (primary N) is 1. The van der Waals surface area contributed by atoms with Gasteiger partial charge >= 0.3 is 11.9 Å². The number of ether oxygens (including phenoxy) is 2. The first-order chi connectivity index (χ1) is 24.0. The van der Waals surface area contributed by atoms with Crippen molar-refractivity contribution < 1.29 is 35.9 Å². The largest absolute Gasteiger partial charge is 0.465 e. The van der Waals surface area contributed by atoms with Crippen molar-refractivity contribution in [3.05, 3.63) is 126 Å². The molecule has 0 amide bonds. The van der Waals surface area contributed by atoms with Gasteiger partial charge in [-0.2, -0.15) is 0 Å². The summed E-state index contributed by atoms with van der Waals surface area (Å²) >= 11 is 23.1. The predicted molar refractivity (Wildman–Crippen MR) is 219 cm³/mol. The zero-order chi connectivity index (χ0) is 37.7. The Labute approximate surface area is 352 Å². The minimum atomic E-state index is -3.86. The first kappa shape index (κ1) is 49.7. The first-order valence-electron chi connectivity index (χ1n) is 15.0. The van der Waals surface area contributed by atoms with Crippen LogP contribution < -0.4 is 10.5 Å². The topological polar surface area (TPSA) is 159 Å². The molecule has 0 saturated carbocycles. The Morgan fingerprint density at radius 2 is 1.15 bits per heavy atom. The standard InChI is InChI=1S/C17H15Cl2NO4S.C11H13NO2.C6H3Cl3O2S.CH4.2ClH/c1-24-17(21)11-6-5-10-7-8-14(12(10)9-11)20-25(22,23)15-4-2-3-13(18)16(15)19;1-14-11(13)8-3-2-7-4-5-10(12)9(7)6-8;7-4-2-1-3-5(6(4)8)12(9,10)11;;;/h2-6,9,14,20H,7-8H2,1H3;2-3,6,10H,4-5,12H2,1H3;1-3H;1H4;2*1H/t14-;10-;;;;/m11..../s1. The highest BCUT2D eigenvalue weighted by Gasteiger charge is 2.30. The molecule has 19 heteroatoms. The number of rotatable bonds is 6. The third-order valence-electron chi connectivity index (χ3n) is 8.02. The number of methoxy groups -OCH3 is 2. The number of hydrogen-bond donors (Lipinski definition) is 2. The monoisotopic (exact) mass is 922 g/mol. The Kier molecular flexibility index (Phi) is 19.6. The molecule has 296 valence electrons. The number of fused-ring (bicyclic) bond motifs is 2. The summed E-state index contributed by atoms with van der Waals surface area (Å²) in [5.74, 6) is -0.763. The molecular weight excluding hydrogens is 889 g/mol. The van der Waals surface area contributed by atoms with E-state index in [-0.39, 0.29) is 74.1 Å². The van der Waals surface area contributed by atoms with Crippen LogP contribution in [0.15, 0.2) is 82.6 Å². The SMILES string of the molecule is C.COC(=O)c1ccc2c(c1)[C@H](N)CC2.COC(=O)c1ccc2c(c1)[C@H](NS(=O)(=O)c1cccc(Cl)c1Cl)CC2.Cl.Cl.O=S(=O)(Cl)c1cccc(Cl)c1Cl. The molecule has 0 bridgehead atoms. The van der Waals surface area contributed by atoms with Gasteiger partial charge < -0.3 is 15.2 Å². The molecule has 2 aliphatic carbocycles. The number of carbonyl (C=O) groups excluding carboxylic acids is 2. The third-order valence-corrected chi connectivity index (χ3v) is 12.8. The third kappa shape index (κ3) is 12.1. The van der Waals surface area contributed by atoms with Crippen LogP contribution in [0.1, 0.15) is 75.3 Å². The van der Waals surface area contributed by atoms with Gasteiger partial charge in [-0.3, -0.25) is 0 Å². The summed E-state index contributed by atoms with van der Waals surface area (Å²) in [5.41, 5.74) is 11.0. The number of esters is 2. The minimum Gasteiger partial charge on any atom is -0.465 e. The smallest absolute Gasteiger partial charge is 0.337 e. The average Bonchev–Trinajstić information content (AvgIpc) is 3.67. The molecule has 10 nitrogen and oxygen atoms in total. The van der Waals surface area contributed by atoms with Crippen molar-refractivity contribution in [3.63, 3.8) is 0 Å². The van der Waals surface area contributed by atoms with Crippen molar-refractivity contribution in [1.29, 1.82) is 0 Å². The lowest BCUT2D eigenvalue weighted by Crippen LogP contribution is -2.27. The van der Waals surface area contributed by atoms with Gasteiger partial charge in [0.2, 0.25) is 10.0 Å². The van der Waals surface area contributed by atoms with Crippen LogP contribution in [0.4, 0.5) is 0 Å². The van der Waals surface area contributed by atoms with Gasteiger partial charge in [0, 0.05) is 22.8 Å². The second kappa shape index (κ2) is 21.3. The Morgan fingerprint density at radius 3 is 1.63 bits per heavy atom. The predicted octanol–water partition coefficient (Wildman–Crippen LogP) is 9.57. The highest BCUT2D eigenvalue weighted by Crippen LogP contribution is 2.36. The molecule has 0 unspecified atom stereocenters. The molecule has 54 heavy (non-hydrogen) atoms. The highest BCUT2D eigenvalue weighted by atomic mass is 35.7. The summed E-state index contributed by atoms with van der Waals surface area (Å²) in [6, 6.07) is 19.1. The summed E-state index contributed by atoms with van der Waals surface area (Å²) in [4.78, 5) is 22.7. The summed E-state index contributed by atoms with van der Waals surface area (Å²) in [6.07, 6.45) is 3.29. The van der Waals surface area contributed by atoms with E-state index < -0.39 is 31.1 Å². The highest BCUT2D eigenvalue weighted by molar-refractivity contribution is 8.13. The Balaban J connectivity index is 0.000000430. The van der Waals surface area contributed by atoms with E-state index in [2.05, 4.69) is 9.46 Å². The van der Waals surface area contributed by atoms with E-state index in [9.17, 15) is 26.4 Å². The summed E-state index contributed by atoms with van der Waals surface area (Å²) in [5, 5.41) is 0.273. The number of aryl methyl sites for hydroxylation is 2. The van der Waals surface area contributed by atoms with Crippen molar-refractivity contribution in [3.8, 4) is 0 Å². The lowest BCUT2D eigenvalue weighted by atomic mass is 10.0. The number of hydrogen-bond acceptors (Lipinski definition) is 9. The molecular formula is C35H37Cl7N2O8S2. The summed E-state index contributed by atoms with van der Waals surface area (Å²) in [6.45, 7) is 0. The van der Waals surface area contributed by atoms with E-state index in [0.29, 0.717) is 24.0 Å². The normalized spacial score (nSPS) is 15.2. The zero-order valence-corrected chi connectivity index (χ0v) is 34.8. The molecule has 0 fully saturated rings. The van der Waals surface area contributed by atoms with Gasteiger partial charge in [-0.15, -0.1) is 24.8 Å². The maximum absolute atomic E-state index is 12.7. The Hall–Kier alpha value is -2.33. The van der Waals surface area contributed by atoms with Gasteiger partial charge in [-0.1, -0.05) is 78.1 Å². The van der Waals surface area contributed by atoms with E-state index in [1.54, 1.807) is 18.2 Å². The molecule has 6 rings (SSSR count). The fraction of sp³-hybridized carbons (Fsp3) is 0.257. The second-order valence-corrected chi connectivity index (χ2v) is 17.0. The van der Waals surface area contributed by atoms with E-state index in [4.69, 9.17) is 67.6 Å². The molecule has 0 heterocycles. The Bertz CT molecular complexity index is 2190. The fourth-order valence-corrected chi connectivity index (χ4v) is 9.21. The lowest BCUT2D eigenvalue weighted by molar-refractivity contribution is 0.0591. The quantitative estimate of drug-likeness (QED) is 0.142. The second-order valence-electron chi connectivity index (χ2n) is 11.2. The van der Waals surface area contributed by atoms with Crippen LogP contribution in [0.2, 0.25) is 20.1 Å². The fourth-order valence-electron chi connectivity index (χ4n) is 5.46. The van der Waals surface area contributed by atoms with Gasteiger partial charge in [-0.25, -0.2) is 31.1 Å².